The maximum atomic E-state index is 13.3. The van der Waals surface area contributed by atoms with E-state index in [9.17, 15) is 4.39 Å². The van der Waals surface area contributed by atoms with Crippen molar-refractivity contribution in [3.8, 4) is 0 Å². The van der Waals surface area contributed by atoms with Crippen LogP contribution in [0.15, 0.2) is 58.6 Å². The Balaban J connectivity index is 1.73. The summed E-state index contributed by atoms with van der Waals surface area (Å²) in [4.78, 5) is 4.70. The molecule has 3 aromatic rings. The molecule has 0 amide bonds. The highest BCUT2D eigenvalue weighted by atomic mass is 32.2. The summed E-state index contributed by atoms with van der Waals surface area (Å²) in [6.07, 6.45) is 0. The Labute approximate surface area is 176 Å². The first-order valence-electron chi connectivity index (χ1n) is 8.97. The van der Waals surface area contributed by atoms with Gasteiger partial charge in [-0.15, -0.1) is 10.2 Å². The van der Waals surface area contributed by atoms with Crippen LogP contribution < -0.4 is 5.32 Å². The van der Waals surface area contributed by atoms with Gasteiger partial charge in [-0.2, -0.15) is 5.10 Å². The summed E-state index contributed by atoms with van der Waals surface area (Å²) >= 11 is 3.08. The molecule has 1 aliphatic rings. The van der Waals surface area contributed by atoms with Crippen LogP contribution >= 0.6 is 23.1 Å². The molecule has 1 aliphatic heterocycles. The fraction of sp³-hybridized carbons (Fsp3) is 0.200. The van der Waals surface area contributed by atoms with Crippen molar-refractivity contribution in [3.63, 3.8) is 0 Å². The van der Waals surface area contributed by atoms with Crippen molar-refractivity contribution in [2.24, 2.45) is 10.1 Å². The van der Waals surface area contributed by atoms with Gasteiger partial charge in [0.1, 0.15) is 16.2 Å². The highest BCUT2D eigenvalue weighted by Gasteiger charge is 2.31. The standard InChI is InChI=1S/C20H19FN6S2/c1-12-4-6-15(7-5-12)18-27(26-14(3)28-18)19(23-20-25-24-13(2)29-20)22-17-10-8-16(21)9-11-17/h4-11,18H,1-3H3,(H,22,23,25). The minimum atomic E-state index is -0.304. The minimum absolute atomic E-state index is 0.0729. The molecule has 4 rings (SSSR count). The number of hydrogen-bond donors (Lipinski definition) is 1. The molecule has 148 valence electrons. The van der Waals surface area contributed by atoms with Gasteiger partial charge in [-0.25, -0.2) is 14.4 Å². The zero-order valence-electron chi connectivity index (χ0n) is 16.1. The second kappa shape index (κ2) is 8.30. The molecule has 2 aromatic carbocycles. The van der Waals surface area contributed by atoms with Crippen molar-refractivity contribution >= 4 is 44.9 Å². The molecule has 1 N–H and O–H groups in total. The van der Waals surface area contributed by atoms with E-state index in [0.29, 0.717) is 16.8 Å². The fourth-order valence-corrected chi connectivity index (χ4v) is 4.34. The first-order chi connectivity index (χ1) is 14.0. The molecule has 1 unspecified atom stereocenters. The molecule has 0 bridgehead atoms. The number of thioether (sulfide) groups is 1. The number of aromatic nitrogens is 2. The van der Waals surface area contributed by atoms with Gasteiger partial charge in [0.25, 0.3) is 0 Å². The predicted molar refractivity (Wildman–Crippen MR) is 118 cm³/mol. The quantitative estimate of drug-likeness (QED) is 0.444. The Hall–Kier alpha value is -2.78. The second-order valence-corrected chi connectivity index (χ2v) is 8.96. The summed E-state index contributed by atoms with van der Waals surface area (Å²) in [5.41, 5.74) is 2.93. The lowest BCUT2D eigenvalue weighted by atomic mass is 10.1. The molecular weight excluding hydrogens is 407 g/mol. The van der Waals surface area contributed by atoms with Gasteiger partial charge in [0, 0.05) is 0 Å². The van der Waals surface area contributed by atoms with Crippen molar-refractivity contribution in [1.29, 1.82) is 0 Å². The molecule has 0 radical (unpaired) electrons. The number of hydrogen-bond acceptors (Lipinski definition) is 6. The van der Waals surface area contributed by atoms with Crippen molar-refractivity contribution in [3.05, 3.63) is 70.5 Å². The summed E-state index contributed by atoms with van der Waals surface area (Å²) in [6, 6.07) is 14.4. The highest BCUT2D eigenvalue weighted by molar-refractivity contribution is 8.14. The van der Waals surface area contributed by atoms with Crippen molar-refractivity contribution < 1.29 is 4.39 Å². The van der Waals surface area contributed by atoms with E-state index in [2.05, 4.69) is 51.8 Å². The second-order valence-electron chi connectivity index (χ2n) is 6.51. The Kier molecular flexibility index (Phi) is 5.59. The monoisotopic (exact) mass is 426 g/mol. The molecule has 1 atom stereocenters. The zero-order chi connectivity index (χ0) is 20.4. The van der Waals surface area contributed by atoms with Crippen LogP contribution in [0.3, 0.4) is 0 Å². The molecule has 0 aliphatic carbocycles. The fourth-order valence-electron chi connectivity index (χ4n) is 2.76. The van der Waals surface area contributed by atoms with Gasteiger partial charge in [-0.3, -0.25) is 5.32 Å². The molecule has 0 fully saturated rings. The van der Waals surface area contributed by atoms with E-state index < -0.39 is 0 Å². The number of benzene rings is 2. The number of nitrogens with one attached hydrogen (secondary N) is 1. The summed E-state index contributed by atoms with van der Waals surface area (Å²) in [7, 11) is 0. The van der Waals surface area contributed by atoms with E-state index in [1.807, 2.05) is 18.9 Å². The third-order valence-electron chi connectivity index (χ3n) is 4.14. The molecule has 0 spiro atoms. The van der Waals surface area contributed by atoms with Crippen LogP contribution in [0.25, 0.3) is 0 Å². The van der Waals surface area contributed by atoms with Crippen LogP contribution in [0.1, 0.15) is 28.4 Å². The number of nitrogens with zero attached hydrogens (tertiary/aromatic N) is 5. The SMILES string of the molecule is CC1=NN(/C(=N\c2ccc(F)cc2)Nc2nnc(C)s2)C(c2ccc(C)cc2)S1. The van der Waals surface area contributed by atoms with E-state index in [4.69, 9.17) is 4.99 Å². The van der Waals surface area contributed by atoms with E-state index in [0.717, 1.165) is 15.6 Å². The third kappa shape index (κ3) is 4.63. The van der Waals surface area contributed by atoms with Crippen LogP contribution in [-0.2, 0) is 0 Å². The highest BCUT2D eigenvalue weighted by Crippen LogP contribution is 2.40. The molecule has 6 nitrogen and oxygen atoms in total. The van der Waals surface area contributed by atoms with Crippen molar-refractivity contribution in [1.82, 2.24) is 15.2 Å². The predicted octanol–water partition coefficient (Wildman–Crippen LogP) is 5.47. The maximum absolute atomic E-state index is 13.3. The summed E-state index contributed by atoms with van der Waals surface area (Å²) in [5.74, 6) is 0.198. The molecule has 0 saturated carbocycles. The van der Waals surface area contributed by atoms with Crippen LogP contribution in [0.4, 0.5) is 15.2 Å². The number of aryl methyl sites for hydroxylation is 2. The molecule has 1 aromatic heterocycles. The average molecular weight is 427 g/mol. The average Bonchev–Trinajstić information content (AvgIpc) is 3.29. The van der Waals surface area contributed by atoms with E-state index in [-0.39, 0.29) is 11.2 Å². The maximum Gasteiger partial charge on any atom is 0.227 e. The number of guanidine groups is 1. The number of aliphatic imine (C=N–C) groups is 1. The zero-order valence-corrected chi connectivity index (χ0v) is 17.8. The molecule has 9 heteroatoms. The van der Waals surface area contributed by atoms with Gasteiger partial charge in [-0.1, -0.05) is 52.9 Å². The normalized spacial score (nSPS) is 16.8. The van der Waals surface area contributed by atoms with Gasteiger partial charge in [-0.05, 0) is 50.6 Å². The Morgan fingerprint density at radius 2 is 1.76 bits per heavy atom. The molecular formula is C20H19FN6S2. The first kappa shape index (κ1) is 19.5. The summed E-state index contributed by atoms with van der Waals surface area (Å²) in [6.45, 7) is 5.92. The number of hydrazone groups is 1. The Morgan fingerprint density at radius 3 is 2.41 bits per heavy atom. The van der Waals surface area contributed by atoms with Crippen LogP contribution in [0, 0.1) is 19.7 Å². The van der Waals surface area contributed by atoms with Gasteiger partial charge in [0.2, 0.25) is 11.1 Å². The number of halogens is 1. The third-order valence-corrected chi connectivity index (χ3v) is 6.01. The number of rotatable bonds is 3. The molecule has 0 saturated heterocycles. The number of anilines is 1. The van der Waals surface area contributed by atoms with Crippen LogP contribution in [0.2, 0.25) is 0 Å². The van der Waals surface area contributed by atoms with Crippen molar-refractivity contribution in [2.45, 2.75) is 26.1 Å². The van der Waals surface area contributed by atoms with Crippen LogP contribution in [-0.4, -0.2) is 26.2 Å². The smallest absolute Gasteiger partial charge is 0.227 e. The van der Waals surface area contributed by atoms with Gasteiger partial charge >= 0.3 is 0 Å². The molecule has 2 heterocycles. The van der Waals surface area contributed by atoms with Gasteiger partial charge in [0.05, 0.1) is 10.7 Å². The Morgan fingerprint density at radius 1 is 1.03 bits per heavy atom. The van der Waals surface area contributed by atoms with Gasteiger partial charge < -0.3 is 0 Å². The van der Waals surface area contributed by atoms with Crippen LogP contribution in [0.5, 0.6) is 0 Å². The summed E-state index contributed by atoms with van der Waals surface area (Å²) in [5, 5.41) is 20.3. The first-order valence-corrected chi connectivity index (χ1v) is 10.7. The summed E-state index contributed by atoms with van der Waals surface area (Å²) < 4.78 is 13.3. The minimum Gasteiger partial charge on any atom is -0.299 e. The Bertz CT molecular complexity index is 1060. The largest absolute Gasteiger partial charge is 0.299 e. The molecule has 29 heavy (non-hydrogen) atoms. The lowest BCUT2D eigenvalue weighted by molar-refractivity contribution is 0.438. The topological polar surface area (TPSA) is 65.8 Å². The van der Waals surface area contributed by atoms with E-state index >= 15 is 0 Å². The van der Waals surface area contributed by atoms with E-state index in [1.54, 1.807) is 23.9 Å². The lowest BCUT2D eigenvalue weighted by Gasteiger charge is -2.24. The lowest BCUT2D eigenvalue weighted by Crippen LogP contribution is -2.32. The van der Waals surface area contributed by atoms with Crippen molar-refractivity contribution in [2.75, 3.05) is 5.32 Å². The van der Waals surface area contributed by atoms with Gasteiger partial charge in [0.15, 0.2) is 0 Å². The van der Waals surface area contributed by atoms with E-state index in [1.165, 1.54) is 29.0 Å².